The lowest BCUT2D eigenvalue weighted by Gasteiger charge is -2.21. The Morgan fingerprint density at radius 1 is 0.821 bits per heavy atom. The summed E-state index contributed by atoms with van der Waals surface area (Å²) in [4.78, 5) is 3.99. The summed E-state index contributed by atoms with van der Waals surface area (Å²) in [5.41, 5.74) is 4.69. The molecule has 0 bridgehead atoms. The Balaban J connectivity index is 1.88. The summed E-state index contributed by atoms with van der Waals surface area (Å²) in [6, 6.07) is 29.0. The van der Waals surface area contributed by atoms with Gasteiger partial charge in [-0.15, -0.1) is 0 Å². The predicted molar refractivity (Wildman–Crippen MR) is 119 cm³/mol. The van der Waals surface area contributed by atoms with Gasteiger partial charge in [-0.1, -0.05) is 72.8 Å². The molecular weight excluding hydrogens is 362 g/mol. The highest BCUT2D eigenvalue weighted by Crippen LogP contribution is 2.47. The largest absolute Gasteiger partial charge is 0.377 e. The van der Waals surface area contributed by atoms with Gasteiger partial charge in [-0.05, 0) is 41.7 Å². The first kappa shape index (κ1) is 18.7. The van der Waals surface area contributed by atoms with Crippen LogP contribution in [-0.2, 0) is 10.8 Å². The molecule has 0 aliphatic heterocycles. The molecule has 1 aliphatic rings. The zero-order valence-corrected chi connectivity index (χ0v) is 17.2. The second-order valence-electron chi connectivity index (χ2n) is 7.34. The minimum atomic E-state index is -1.21. The van der Waals surface area contributed by atoms with Crippen LogP contribution in [0.15, 0.2) is 94.7 Å². The van der Waals surface area contributed by atoms with Crippen molar-refractivity contribution in [3.8, 4) is 0 Å². The smallest absolute Gasteiger partial charge is 0.0838 e. The van der Waals surface area contributed by atoms with Gasteiger partial charge >= 0.3 is 0 Å². The molecular formula is C25H25NOS. The van der Waals surface area contributed by atoms with E-state index in [2.05, 4.69) is 48.5 Å². The fourth-order valence-corrected chi connectivity index (χ4v) is 5.86. The molecule has 3 aromatic carbocycles. The van der Waals surface area contributed by atoms with Crippen LogP contribution in [0, 0.1) is 0 Å². The van der Waals surface area contributed by atoms with E-state index in [1.165, 1.54) is 16.7 Å². The van der Waals surface area contributed by atoms with Gasteiger partial charge in [0.25, 0.3) is 0 Å². The Kier molecular flexibility index (Phi) is 5.45. The van der Waals surface area contributed by atoms with E-state index < -0.39 is 10.8 Å². The fraction of sp³-hybridized carbons (Fsp3) is 0.200. The minimum absolute atomic E-state index is 0.187. The summed E-state index contributed by atoms with van der Waals surface area (Å²) >= 11 is 0. The van der Waals surface area contributed by atoms with E-state index in [4.69, 9.17) is 0 Å². The topological polar surface area (TPSA) is 20.3 Å². The van der Waals surface area contributed by atoms with Gasteiger partial charge in [-0.25, -0.2) is 4.21 Å². The van der Waals surface area contributed by atoms with Crippen LogP contribution in [0.3, 0.4) is 0 Å². The number of hydrogen-bond donors (Lipinski definition) is 0. The second-order valence-corrected chi connectivity index (χ2v) is 8.76. The van der Waals surface area contributed by atoms with Crippen molar-refractivity contribution in [2.45, 2.75) is 23.7 Å². The Morgan fingerprint density at radius 2 is 1.43 bits per heavy atom. The molecule has 0 radical (unpaired) electrons. The number of anilines is 1. The molecule has 0 unspecified atom stereocenters. The Bertz CT molecular complexity index is 1010. The standard InChI is InChI=1S/C25H25NOS/c1-26(2)23-15-9-10-16-24(23)28(27)25-21(19-11-5-3-6-12-19)17-18-22(25)20-13-7-4-8-14-20/h3-16,21H,17-18H2,1-2H3/t21-,28+/m1/s1. The molecule has 0 amide bonds. The summed E-state index contributed by atoms with van der Waals surface area (Å²) in [6.45, 7) is 0. The van der Waals surface area contributed by atoms with Crippen LogP contribution < -0.4 is 4.90 Å². The molecule has 0 spiro atoms. The minimum Gasteiger partial charge on any atom is -0.377 e. The Morgan fingerprint density at radius 3 is 2.11 bits per heavy atom. The van der Waals surface area contributed by atoms with Crippen molar-refractivity contribution in [1.29, 1.82) is 0 Å². The van der Waals surface area contributed by atoms with Gasteiger partial charge in [0.1, 0.15) is 0 Å². The van der Waals surface area contributed by atoms with Gasteiger partial charge in [0.15, 0.2) is 0 Å². The van der Waals surface area contributed by atoms with Crippen LogP contribution in [0.25, 0.3) is 5.57 Å². The molecule has 0 heterocycles. The number of allylic oxidation sites excluding steroid dienone is 2. The van der Waals surface area contributed by atoms with Crippen molar-refractivity contribution >= 4 is 22.1 Å². The highest BCUT2D eigenvalue weighted by atomic mass is 32.2. The van der Waals surface area contributed by atoms with Crippen LogP contribution in [-0.4, -0.2) is 18.3 Å². The lowest BCUT2D eigenvalue weighted by Crippen LogP contribution is -2.13. The SMILES string of the molecule is CN(C)c1ccccc1[S@](=O)C1=C(c2ccccc2)CC[C@@H]1c1ccccc1. The summed E-state index contributed by atoms with van der Waals surface area (Å²) in [7, 11) is 2.80. The third kappa shape index (κ3) is 3.55. The molecule has 28 heavy (non-hydrogen) atoms. The summed E-state index contributed by atoms with van der Waals surface area (Å²) in [5, 5.41) is 0. The summed E-state index contributed by atoms with van der Waals surface area (Å²) in [6.07, 6.45) is 1.95. The van der Waals surface area contributed by atoms with Gasteiger partial charge in [0.2, 0.25) is 0 Å². The van der Waals surface area contributed by atoms with Crippen LogP contribution in [0.1, 0.15) is 29.9 Å². The number of nitrogens with zero attached hydrogens (tertiary/aromatic N) is 1. The maximum absolute atomic E-state index is 14.0. The van der Waals surface area contributed by atoms with E-state index in [0.29, 0.717) is 0 Å². The Labute approximate surface area is 170 Å². The van der Waals surface area contributed by atoms with Gasteiger partial charge < -0.3 is 4.90 Å². The van der Waals surface area contributed by atoms with Crippen LogP contribution >= 0.6 is 0 Å². The molecule has 3 heteroatoms. The summed E-state index contributed by atoms with van der Waals surface area (Å²) in [5.74, 6) is 0.187. The first-order chi connectivity index (χ1) is 13.7. The molecule has 1 aliphatic carbocycles. The average Bonchev–Trinajstić information content (AvgIpc) is 3.19. The lowest BCUT2D eigenvalue weighted by atomic mass is 9.99. The number of rotatable bonds is 5. The van der Waals surface area contributed by atoms with Crippen LogP contribution in [0.4, 0.5) is 5.69 Å². The molecule has 2 atom stereocenters. The van der Waals surface area contributed by atoms with Gasteiger partial charge in [-0.3, -0.25) is 0 Å². The molecule has 0 aromatic heterocycles. The first-order valence-electron chi connectivity index (χ1n) is 9.68. The van der Waals surface area contributed by atoms with Gasteiger partial charge in [0.05, 0.1) is 21.4 Å². The average molecular weight is 388 g/mol. The normalized spacial score (nSPS) is 17.6. The van der Waals surface area contributed by atoms with E-state index in [-0.39, 0.29) is 5.92 Å². The summed E-state index contributed by atoms with van der Waals surface area (Å²) < 4.78 is 14.0. The quantitative estimate of drug-likeness (QED) is 0.547. The molecule has 3 aromatic rings. The second kappa shape index (κ2) is 8.15. The molecule has 4 rings (SSSR count). The van der Waals surface area contributed by atoms with E-state index in [9.17, 15) is 4.21 Å². The van der Waals surface area contributed by atoms with Gasteiger partial charge in [0, 0.05) is 24.9 Å². The first-order valence-corrected chi connectivity index (χ1v) is 10.8. The maximum atomic E-state index is 14.0. The predicted octanol–water partition coefficient (Wildman–Crippen LogP) is 5.85. The van der Waals surface area contributed by atoms with E-state index in [0.717, 1.165) is 28.3 Å². The molecule has 0 saturated carbocycles. The lowest BCUT2D eigenvalue weighted by molar-refractivity contribution is 0.682. The zero-order chi connectivity index (χ0) is 19.5. The van der Waals surface area contributed by atoms with Crippen molar-refractivity contribution in [3.63, 3.8) is 0 Å². The highest BCUT2D eigenvalue weighted by molar-refractivity contribution is 7.89. The van der Waals surface area contributed by atoms with Crippen LogP contribution in [0.5, 0.6) is 0 Å². The maximum Gasteiger partial charge on any atom is 0.0838 e. The molecule has 0 N–H and O–H groups in total. The van der Waals surface area contributed by atoms with Crippen molar-refractivity contribution < 1.29 is 4.21 Å². The van der Waals surface area contributed by atoms with Crippen molar-refractivity contribution in [1.82, 2.24) is 0 Å². The monoisotopic (exact) mass is 387 g/mol. The molecule has 0 saturated heterocycles. The molecule has 0 fully saturated rings. The van der Waals surface area contributed by atoms with E-state index >= 15 is 0 Å². The third-order valence-corrected chi connectivity index (χ3v) is 7.04. The highest BCUT2D eigenvalue weighted by Gasteiger charge is 2.33. The van der Waals surface area contributed by atoms with Crippen molar-refractivity contribution in [2.24, 2.45) is 0 Å². The Hall–Kier alpha value is -2.65. The zero-order valence-electron chi connectivity index (χ0n) is 16.3. The third-order valence-electron chi connectivity index (χ3n) is 5.37. The van der Waals surface area contributed by atoms with E-state index in [1.54, 1.807) is 0 Å². The fourth-order valence-electron chi connectivity index (χ4n) is 4.03. The van der Waals surface area contributed by atoms with Crippen molar-refractivity contribution in [2.75, 3.05) is 19.0 Å². The molecule has 2 nitrogen and oxygen atoms in total. The molecule has 142 valence electrons. The number of benzene rings is 3. The number of hydrogen-bond acceptors (Lipinski definition) is 2. The van der Waals surface area contributed by atoms with Gasteiger partial charge in [-0.2, -0.15) is 0 Å². The van der Waals surface area contributed by atoms with E-state index in [1.807, 2.05) is 55.4 Å². The van der Waals surface area contributed by atoms with Crippen molar-refractivity contribution in [3.05, 3.63) is 101 Å². The number of para-hydroxylation sites is 1. The van der Waals surface area contributed by atoms with Crippen LogP contribution in [0.2, 0.25) is 0 Å².